The molecule has 1 aromatic heterocycles. The van der Waals surface area contributed by atoms with Crippen molar-refractivity contribution in [3.05, 3.63) is 5.82 Å². The molecule has 5 heteroatoms. The van der Waals surface area contributed by atoms with E-state index in [1.807, 2.05) is 11.7 Å². The lowest BCUT2D eigenvalue weighted by Gasteiger charge is -2.26. The second kappa shape index (κ2) is 5.26. The number of hydrogen-bond acceptors (Lipinski definition) is 4. The van der Waals surface area contributed by atoms with Crippen LogP contribution in [0.3, 0.4) is 0 Å². The van der Waals surface area contributed by atoms with Gasteiger partial charge < -0.3 is 10.2 Å². The standard InChI is InChI=1S/C13H23N5/c1-17-12(11-5-3-2-4-6-11)15-13(16-17)18-9-7-14-8-10-18/h11,14H,2-10H2,1H3. The highest BCUT2D eigenvalue weighted by Gasteiger charge is 2.23. The second-order valence-corrected chi connectivity index (χ2v) is 5.47. The summed E-state index contributed by atoms with van der Waals surface area (Å²) in [6.07, 6.45) is 6.65. The van der Waals surface area contributed by atoms with E-state index in [9.17, 15) is 0 Å². The van der Waals surface area contributed by atoms with E-state index in [2.05, 4.69) is 15.3 Å². The van der Waals surface area contributed by atoms with E-state index in [0.717, 1.165) is 32.1 Å². The Morgan fingerprint density at radius 3 is 2.56 bits per heavy atom. The van der Waals surface area contributed by atoms with Gasteiger partial charge in [-0.05, 0) is 12.8 Å². The van der Waals surface area contributed by atoms with Crippen molar-refractivity contribution in [3.63, 3.8) is 0 Å². The molecule has 5 nitrogen and oxygen atoms in total. The predicted molar refractivity (Wildman–Crippen MR) is 71.9 cm³/mol. The maximum atomic E-state index is 4.81. The molecule has 0 atom stereocenters. The molecule has 1 aliphatic carbocycles. The van der Waals surface area contributed by atoms with Crippen molar-refractivity contribution in [2.75, 3.05) is 31.1 Å². The van der Waals surface area contributed by atoms with Crippen LogP contribution in [0.4, 0.5) is 5.95 Å². The molecule has 1 saturated carbocycles. The Labute approximate surface area is 109 Å². The zero-order chi connectivity index (χ0) is 12.4. The van der Waals surface area contributed by atoms with Crippen LogP contribution in [0.1, 0.15) is 43.8 Å². The van der Waals surface area contributed by atoms with Crippen molar-refractivity contribution < 1.29 is 0 Å². The van der Waals surface area contributed by atoms with Crippen molar-refractivity contribution in [2.45, 2.75) is 38.0 Å². The summed E-state index contributed by atoms with van der Waals surface area (Å²) < 4.78 is 2.01. The van der Waals surface area contributed by atoms with Gasteiger partial charge in [-0.2, -0.15) is 4.98 Å². The van der Waals surface area contributed by atoms with Gasteiger partial charge in [-0.1, -0.05) is 19.3 Å². The van der Waals surface area contributed by atoms with Crippen LogP contribution in [0.2, 0.25) is 0 Å². The van der Waals surface area contributed by atoms with E-state index in [0.29, 0.717) is 5.92 Å². The molecule has 0 amide bonds. The maximum absolute atomic E-state index is 4.81. The zero-order valence-electron chi connectivity index (χ0n) is 11.2. The van der Waals surface area contributed by atoms with E-state index in [4.69, 9.17) is 4.98 Å². The fraction of sp³-hybridized carbons (Fsp3) is 0.846. The molecule has 0 unspecified atom stereocenters. The minimum atomic E-state index is 0.632. The van der Waals surface area contributed by atoms with Gasteiger partial charge in [0.05, 0.1) is 0 Å². The first-order valence-corrected chi connectivity index (χ1v) is 7.21. The Balaban J connectivity index is 1.76. The smallest absolute Gasteiger partial charge is 0.245 e. The van der Waals surface area contributed by atoms with Gasteiger partial charge in [0, 0.05) is 39.1 Å². The molecule has 0 bridgehead atoms. The van der Waals surface area contributed by atoms with E-state index < -0.39 is 0 Å². The van der Waals surface area contributed by atoms with Crippen LogP contribution in [0, 0.1) is 0 Å². The van der Waals surface area contributed by atoms with Gasteiger partial charge in [-0.25, -0.2) is 0 Å². The molecule has 1 saturated heterocycles. The monoisotopic (exact) mass is 249 g/mol. The quantitative estimate of drug-likeness (QED) is 0.857. The second-order valence-electron chi connectivity index (χ2n) is 5.47. The Kier molecular flexibility index (Phi) is 3.50. The molecule has 2 fully saturated rings. The Hall–Kier alpha value is -1.10. The first-order chi connectivity index (χ1) is 8.84. The molecule has 0 spiro atoms. The van der Waals surface area contributed by atoms with Gasteiger partial charge in [0.15, 0.2) is 0 Å². The fourth-order valence-corrected chi connectivity index (χ4v) is 3.10. The molecule has 100 valence electrons. The number of aromatic nitrogens is 3. The minimum Gasteiger partial charge on any atom is -0.337 e. The summed E-state index contributed by atoms with van der Waals surface area (Å²) in [4.78, 5) is 7.10. The molecule has 0 radical (unpaired) electrons. The summed E-state index contributed by atoms with van der Waals surface area (Å²) in [5.41, 5.74) is 0. The fourth-order valence-electron chi connectivity index (χ4n) is 3.10. The summed E-state index contributed by atoms with van der Waals surface area (Å²) in [5.74, 6) is 2.76. The van der Waals surface area contributed by atoms with E-state index in [-0.39, 0.29) is 0 Å². The molecular weight excluding hydrogens is 226 g/mol. The van der Waals surface area contributed by atoms with Crippen LogP contribution in [0.15, 0.2) is 0 Å². The van der Waals surface area contributed by atoms with Gasteiger partial charge in [-0.15, -0.1) is 5.10 Å². The van der Waals surface area contributed by atoms with Crippen molar-refractivity contribution in [1.29, 1.82) is 0 Å². The summed E-state index contributed by atoms with van der Waals surface area (Å²) in [7, 11) is 2.04. The van der Waals surface area contributed by atoms with E-state index in [1.165, 1.54) is 37.9 Å². The normalized spacial score (nSPS) is 22.4. The molecule has 18 heavy (non-hydrogen) atoms. The molecule has 3 rings (SSSR count). The predicted octanol–water partition coefficient (Wildman–Crippen LogP) is 1.27. The van der Waals surface area contributed by atoms with Crippen LogP contribution >= 0.6 is 0 Å². The van der Waals surface area contributed by atoms with Crippen LogP contribution in [-0.4, -0.2) is 40.9 Å². The van der Waals surface area contributed by atoms with Crippen molar-refractivity contribution in [2.24, 2.45) is 7.05 Å². The first kappa shape index (κ1) is 12.0. The van der Waals surface area contributed by atoms with Crippen molar-refractivity contribution >= 4 is 5.95 Å². The molecule has 2 aliphatic rings. The lowest BCUT2D eigenvalue weighted by molar-refractivity contribution is 0.417. The number of rotatable bonds is 2. The molecular formula is C13H23N5. The van der Waals surface area contributed by atoms with Crippen molar-refractivity contribution in [1.82, 2.24) is 20.1 Å². The van der Waals surface area contributed by atoms with Crippen molar-refractivity contribution in [3.8, 4) is 0 Å². The highest BCUT2D eigenvalue weighted by molar-refractivity contribution is 5.30. The number of piperazine rings is 1. The van der Waals surface area contributed by atoms with Gasteiger partial charge in [-0.3, -0.25) is 4.68 Å². The van der Waals surface area contributed by atoms with Gasteiger partial charge in [0.1, 0.15) is 5.82 Å². The molecule has 0 aromatic carbocycles. The molecule has 1 aliphatic heterocycles. The summed E-state index contributed by atoms with van der Waals surface area (Å²) in [6, 6.07) is 0. The van der Waals surface area contributed by atoms with Gasteiger partial charge in [0.25, 0.3) is 0 Å². The number of anilines is 1. The highest BCUT2D eigenvalue weighted by Crippen LogP contribution is 2.32. The lowest BCUT2D eigenvalue weighted by Crippen LogP contribution is -2.44. The maximum Gasteiger partial charge on any atom is 0.245 e. The van der Waals surface area contributed by atoms with Crippen LogP contribution in [-0.2, 0) is 7.05 Å². The Morgan fingerprint density at radius 1 is 1.11 bits per heavy atom. The summed E-state index contributed by atoms with van der Waals surface area (Å²) in [5, 5.41) is 7.98. The largest absolute Gasteiger partial charge is 0.337 e. The number of hydrogen-bond donors (Lipinski definition) is 1. The van der Waals surface area contributed by atoms with Crippen LogP contribution in [0.25, 0.3) is 0 Å². The zero-order valence-corrected chi connectivity index (χ0v) is 11.2. The minimum absolute atomic E-state index is 0.632. The van der Waals surface area contributed by atoms with Crippen LogP contribution < -0.4 is 10.2 Å². The number of aryl methyl sites for hydroxylation is 1. The molecule has 1 N–H and O–H groups in total. The third kappa shape index (κ3) is 2.36. The number of nitrogens with one attached hydrogen (secondary N) is 1. The molecule has 2 heterocycles. The topological polar surface area (TPSA) is 46.0 Å². The lowest BCUT2D eigenvalue weighted by atomic mass is 9.89. The third-order valence-electron chi connectivity index (χ3n) is 4.16. The van der Waals surface area contributed by atoms with Gasteiger partial charge in [0.2, 0.25) is 5.95 Å². The summed E-state index contributed by atoms with van der Waals surface area (Å²) in [6.45, 7) is 4.12. The SMILES string of the molecule is Cn1nc(N2CCNCC2)nc1C1CCCCC1. The Morgan fingerprint density at radius 2 is 1.83 bits per heavy atom. The van der Waals surface area contributed by atoms with E-state index in [1.54, 1.807) is 0 Å². The first-order valence-electron chi connectivity index (χ1n) is 7.21. The van der Waals surface area contributed by atoms with Gasteiger partial charge >= 0.3 is 0 Å². The average molecular weight is 249 g/mol. The third-order valence-corrected chi connectivity index (χ3v) is 4.16. The average Bonchev–Trinajstić information content (AvgIpc) is 2.83. The van der Waals surface area contributed by atoms with E-state index >= 15 is 0 Å². The van der Waals surface area contributed by atoms with Crippen LogP contribution in [0.5, 0.6) is 0 Å². The Bertz CT molecular complexity index is 388. The molecule has 1 aromatic rings. The summed E-state index contributed by atoms with van der Waals surface area (Å²) >= 11 is 0. The highest BCUT2D eigenvalue weighted by atomic mass is 15.4. The number of nitrogens with zero attached hydrogens (tertiary/aromatic N) is 4.